The summed E-state index contributed by atoms with van der Waals surface area (Å²) >= 11 is 10.6. The van der Waals surface area contributed by atoms with E-state index in [1.165, 1.54) is 0 Å². The van der Waals surface area contributed by atoms with Gasteiger partial charge in [-0.1, -0.05) is 57.0 Å². The van der Waals surface area contributed by atoms with E-state index in [1.54, 1.807) is 0 Å². The Morgan fingerprint density at radius 3 is 2.11 bits per heavy atom. The molecule has 0 radical (unpaired) electrons. The number of carbonyl (C=O) groups is 1. The van der Waals surface area contributed by atoms with Gasteiger partial charge in [0.2, 0.25) is 0 Å². The summed E-state index contributed by atoms with van der Waals surface area (Å²) in [5, 5.41) is 16.1. The highest BCUT2D eigenvalue weighted by atomic mass is 32.1. The van der Waals surface area contributed by atoms with Gasteiger partial charge in [-0.15, -0.1) is 0 Å². The van der Waals surface area contributed by atoms with Gasteiger partial charge in [0, 0.05) is 25.4 Å². The van der Waals surface area contributed by atoms with Crippen LogP contribution in [0.2, 0.25) is 0 Å². The predicted octanol–water partition coefficient (Wildman–Crippen LogP) is 5.04. The third-order valence-corrected chi connectivity index (χ3v) is 6.34. The van der Waals surface area contributed by atoms with Gasteiger partial charge in [0.05, 0.1) is 11.4 Å². The van der Waals surface area contributed by atoms with Crippen LogP contribution < -0.4 is 21.5 Å². The molecule has 1 rings (SSSR count). The van der Waals surface area contributed by atoms with Gasteiger partial charge in [-0.3, -0.25) is 15.6 Å². The zero-order valence-electron chi connectivity index (χ0n) is 22.9. The minimum Gasteiger partial charge on any atom is -0.461 e. The Morgan fingerprint density at radius 2 is 1.54 bits per heavy atom. The summed E-state index contributed by atoms with van der Waals surface area (Å²) < 4.78 is 5.52. The van der Waals surface area contributed by atoms with Crippen LogP contribution in [0.1, 0.15) is 78.7 Å². The Hall–Kier alpha value is -2.59. The summed E-state index contributed by atoms with van der Waals surface area (Å²) in [4.78, 5) is 12.5. The summed E-state index contributed by atoms with van der Waals surface area (Å²) in [5.74, 6) is 0.221. The van der Waals surface area contributed by atoms with Crippen molar-refractivity contribution in [3.63, 3.8) is 0 Å². The first-order valence-electron chi connectivity index (χ1n) is 13.2. The lowest BCUT2D eigenvalue weighted by Crippen LogP contribution is -2.36. The second kappa shape index (κ2) is 19.5. The van der Waals surface area contributed by atoms with E-state index in [0.717, 1.165) is 49.1 Å². The Kier molecular flexibility index (Phi) is 17.1. The normalized spacial score (nSPS) is 13.3. The third-order valence-electron chi connectivity index (χ3n) is 5.87. The van der Waals surface area contributed by atoms with Crippen molar-refractivity contribution in [1.29, 1.82) is 0 Å². The number of thiocarbonyl (C=S) groups is 2. The van der Waals surface area contributed by atoms with Gasteiger partial charge < -0.3 is 15.4 Å². The molecular weight excluding hydrogens is 504 g/mol. The van der Waals surface area contributed by atoms with Crippen molar-refractivity contribution < 1.29 is 9.53 Å². The highest BCUT2D eigenvalue weighted by Crippen LogP contribution is 2.24. The molecule has 206 valence electrons. The quantitative estimate of drug-likeness (QED) is 0.0987. The van der Waals surface area contributed by atoms with Crippen LogP contribution in [0.15, 0.2) is 40.5 Å². The van der Waals surface area contributed by atoms with E-state index in [1.807, 2.05) is 51.1 Å². The molecule has 1 aromatic rings. The molecule has 0 bridgehead atoms. The number of nitrogens with zero attached hydrogens (tertiary/aromatic N) is 2. The number of nitrogens with one attached hydrogen (secondary N) is 4. The molecule has 37 heavy (non-hydrogen) atoms. The maximum atomic E-state index is 12.5. The van der Waals surface area contributed by atoms with Crippen molar-refractivity contribution in [2.24, 2.45) is 22.0 Å². The molecule has 4 N–H and O–H groups in total. The molecule has 10 heteroatoms. The molecular formula is C27H44N6O2S2. The number of rotatable bonds is 16. The molecule has 1 aromatic carbocycles. The average molecular weight is 549 g/mol. The molecule has 0 saturated carbocycles. The van der Waals surface area contributed by atoms with Crippen LogP contribution in [0.4, 0.5) is 0 Å². The second-order valence-corrected chi connectivity index (χ2v) is 9.64. The molecule has 0 spiro atoms. The van der Waals surface area contributed by atoms with Crippen molar-refractivity contribution in [3.05, 3.63) is 35.9 Å². The largest absolute Gasteiger partial charge is 0.461 e. The van der Waals surface area contributed by atoms with Crippen LogP contribution in [-0.2, 0) is 16.1 Å². The molecule has 0 aliphatic carbocycles. The van der Waals surface area contributed by atoms with Crippen molar-refractivity contribution in [1.82, 2.24) is 21.5 Å². The van der Waals surface area contributed by atoms with Crippen LogP contribution in [0.5, 0.6) is 0 Å². The lowest BCUT2D eigenvalue weighted by Gasteiger charge is -2.22. The van der Waals surface area contributed by atoms with Gasteiger partial charge >= 0.3 is 5.97 Å². The number of hydrogen-bond acceptors (Lipinski definition) is 6. The number of ether oxygens (including phenoxy) is 1. The molecule has 8 nitrogen and oxygen atoms in total. The Balaban J connectivity index is 2.90. The summed E-state index contributed by atoms with van der Waals surface area (Å²) in [6, 6.07) is 9.75. The standard InChI is InChI=1S/C27H44N6O2S2/c1-6-13-23(17-16-21(7-2)18-24(34)35-19-22-14-11-10-12-15-22)25(31-33-27(37)29-9-4)20(5)30-32-26(36)28-8-3/h10-12,14-15,21,23H,6-9,13,16-19H2,1-5H3,(H2,28,32,36)(H2,29,33,37)/b30-20+,31-25+. The van der Waals surface area contributed by atoms with E-state index < -0.39 is 0 Å². The smallest absolute Gasteiger partial charge is 0.306 e. The Morgan fingerprint density at radius 1 is 0.919 bits per heavy atom. The zero-order chi connectivity index (χ0) is 27.5. The van der Waals surface area contributed by atoms with E-state index in [4.69, 9.17) is 29.2 Å². The molecule has 0 aromatic heterocycles. The van der Waals surface area contributed by atoms with Gasteiger partial charge in [-0.2, -0.15) is 10.2 Å². The molecule has 0 aliphatic rings. The molecule has 0 fully saturated rings. The van der Waals surface area contributed by atoms with Gasteiger partial charge in [0.25, 0.3) is 0 Å². The highest BCUT2D eigenvalue weighted by molar-refractivity contribution is 7.80. The topological polar surface area (TPSA) is 99.1 Å². The minimum absolute atomic E-state index is 0.148. The average Bonchev–Trinajstić information content (AvgIpc) is 2.89. The fourth-order valence-electron chi connectivity index (χ4n) is 3.86. The molecule has 2 unspecified atom stereocenters. The minimum atomic E-state index is -0.159. The van der Waals surface area contributed by atoms with Crippen molar-refractivity contribution in [2.45, 2.75) is 79.8 Å². The van der Waals surface area contributed by atoms with Crippen LogP contribution in [-0.4, -0.2) is 40.7 Å². The van der Waals surface area contributed by atoms with Gasteiger partial charge in [-0.05, 0) is 76.0 Å². The van der Waals surface area contributed by atoms with Crippen LogP contribution in [0.25, 0.3) is 0 Å². The SMILES string of the molecule is CCCC(CCC(CC)CC(=O)OCc1ccccc1)C(=N/NC(=S)NCC)/C(C)=N/NC(=S)NCC. The van der Waals surface area contributed by atoms with E-state index in [9.17, 15) is 4.79 Å². The van der Waals surface area contributed by atoms with E-state index in [-0.39, 0.29) is 17.8 Å². The lowest BCUT2D eigenvalue weighted by molar-refractivity contribution is -0.146. The fourth-order valence-corrected chi connectivity index (χ4v) is 4.24. The first-order chi connectivity index (χ1) is 17.8. The van der Waals surface area contributed by atoms with Gasteiger partial charge in [-0.25, -0.2) is 0 Å². The summed E-state index contributed by atoms with van der Waals surface area (Å²) in [6.45, 7) is 11.9. The maximum absolute atomic E-state index is 12.5. The molecule has 0 aliphatic heterocycles. The van der Waals surface area contributed by atoms with Crippen LogP contribution in [0.3, 0.4) is 0 Å². The van der Waals surface area contributed by atoms with Gasteiger partial charge in [0.15, 0.2) is 10.2 Å². The number of esters is 1. The fraction of sp³-hybridized carbons (Fsp3) is 0.593. The Labute approximate surface area is 233 Å². The summed E-state index contributed by atoms with van der Waals surface area (Å²) in [5.41, 5.74) is 8.41. The molecule has 0 saturated heterocycles. The summed E-state index contributed by atoms with van der Waals surface area (Å²) in [7, 11) is 0. The van der Waals surface area contributed by atoms with Crippen molar-refractivity contribution in [2.75, 3.05) is 13.1 Å². The third kappa shape index (κ3) is 14.1. The van der Waals surface area contributed by atoms with Gasteiger partial charge in [0.1, 0.15) is 6.61 Å². The van der Waals surface area contributed by atoms with Crippen LogP contribution in [0, 0.1) is 11.8 Å². The Bertz CT molecular complexity index is 892. The van der Waals surface area contributed by atoms with E-state index in [2.05, 4.69) is 45.5 Å². The second-order valence-electron chi connectivity index (χ2n) is 8.82. The molecule has 0 amide bonds. The predicted molar refractivity (Wildman–Crippen MR) is 162 cm³/mol. The lowest BCUT2D eigenvalue weighted by atomic mass is 9.86. The highest BCUT2D eigenvalue weighted by Gasteiger charge is 2.22. The zero-order valence-corrected chi connectivity index (χ0v) is 24.6. The molecule has 2 atom stereocenters. The van der Waals surface area contributed by atoms with Crippen LogP contribution >= 0.6 is 24.4 Å². The summed E-state index contributed by atoms with van der Waals surface area (Å²) in [6.07, 6.45) is 5.00. The van der Waals surface area contributed by atoms with Crippen molar-refractivity contribution in [3.8, 4) is 0 Å². The van der Waals surface area contributed by atoms with Crippen molar-refractivity contribution >= 4 is 52.1 Å². The number of benzene rings is 1. The van der Waals surface area contributed by atoms with E-state index >= 15 is 0 Å². The number of carbonyl (C=O) groups excluding carboxylic acids is 1. The van der Waals surface area contributed by atoms with E-state index in [0.29, 0.717) is 36.3 Å². The monoisotopic (exact) mass is 548 g/mol. The number of hydrazone groups is 2. The maximum Gasteiger partial charge on any atom is 0.306 e. The molecule has 0 heterocycles. The number of hydrogen-bond donors (Lipinski definition) is 4. The first-order valence-corrected chi connectivity index (χ1v) is 14.0. The first kappa shape index (κ1) is 32.4.